The summed E-state index contributed by atoms with van der Waals surface area (Å²) in [6.45, 7) is 0.966. The predicted molar refractivity (Wildman–Crippen MR) is 115 cm³/mol. The number of para-hydroxylation sites is 1. The zero-order valence-electron chi connectivity index (χ0n) is 14.7. The van der Waals surface area contributed by atoms with Gasteiger partial charge < -0.3 is 10.4 Å². The molecule has 0 spiro atoms. The number of aliphatic hydroxyl groups excluding tert-OH is 1. The third kappa shape index (κ3) is 3.50. The number of nitrogens with zero attached hydrogens (tertiary/aromatic N) is 1. The van der Waals surface area contributed by atoms with E-state index in [1.165, 1.54) is 0 Å². The highest BCUT2D eigenvalue weighted by Gasteiger charge is 2.15. The van der Waals surface area contributed by atoms with E-state index in [4.69, 9.17) is 21.7 Å². The molecule has 2 aromatic carbocycles. The lowest BCUT2D eigenvalue weighted by Gasteiger charge is -2.12. The van der Waals surface area contributed by atoms with Crippen LogP contribution in [-0.4, -0.2) is 23.2 Å². The number of hydrogen-bond acceptors (Lipinski definition) is 5. The number of rotatable bonds is 6. The van der Waals surface area contributed by atoms with Gasteiger partial charge in [0.05, 0.1) is 15.6 Å². The van der Waals surface area contributed by atoms with Gasteiger partial charge in [-0.2, -0.15) is 0 Å². The van der Waals surface area contributed by atoms with Crippen LogP contribution in [0.4, 0.5) is 5.82 Å². The monoisotopic (exact) mass is 398 g/mol. The standard InChI is InChI=1S/C21H19ClN2O2S/c22-13-8-9-17-15(12-13)19(26)18-14-6-2-3-7-16(14)24-21(20(18)27-17)23-10-4-1-5-11-25/h2-3,6-9,12,25H,1,4-5,10-11H2,(H,23,24). The van der Waals surface area contributed by atoms with E-state index in [1.807, 2.05) is 36.4 Å². The zero-order chi connectivity index (χ0) is 18.8. The van der Waals surface area contributed by atoms with Gasteiger partial charge in [-0.05, 0) is 43.5 Å². The molecule has 0 aliphatic heterocycles. The topological polar surface area (TPSA) is 62.2 Å². The lowest BCUT2D eigenvalue weighted by atomic mass is 10.1. The number of pyridine rings is 1. The molecule has 0 fully saturated rings. The van der Waals surface area contributed by atoms with E-state index < -0.39 is 0 Å². The fraction of sp³-hybridized carbons (Fsp3) is 0.238. The van der Waals surface area contributed by atoms with E-state index in [9.17, 15) is 4.79 Å². The second-order valence-corrected chi connectivity index (χ2v) is 7.95. The summed E-state index contributed by atoms with van der Waals surface area (Å²) in [5.74, 6) is 0.742. The van der Waals surface area contributed by atoms with Crippen LogP contribution < -0.4 is 10.7 Å². The molecule has 0 aliphatic rings. The van der Waals surface area contributed by atoms with Crippen LogP contribution >= 0.6 is 22.9 Å². The molecule has 0 saturated heterocycles. The molecule has 0 radical (unpaired) electrons. The second-order valence-electron chi connectivity index (χ2n) is 6.46. The Morgan fingerprint density at radius 3 is 2.78 bits per heavy atom. The first-order valence-electron chi connectivity index (χ1n) is 8.98. The highest BCUT2D eigenvalue weighted by Crippen LogP contribution is 2.34. The molecule has 6 heteroatoms. The van der Waals surface area contributed by atoms with E-state index in [-0.39, 0.29) is 12.0 Å². The van der Waals surface area contributed by atoms with Crippen molar-refractivity contribution in [2.75, 3.05) is 18.5 Å². The Bertz CT molecular complexity index is 1190. The van der Waals surface area contributed by atoms with E-state index >= 15 is 0 Å². The van der Waals surface area contributed by atoms with E-state index in [1.54, 1.807) is 17.4 Å². The van der Waals surface area contributed by atoms with Crippen molar-refractivity contribution in [1.29, 1.82) is 0 Å². The molecule has 0 atom stereocenters. The molecule has 4 nitrogen and oxygen atoms in total. The quantitative estimate of drug-likeness (QED) is 0.266. The molecule has 0 amide bonds. The summed E-state index contributed by atoms with van der Waals surface area (Å²) in [6.07, 6.45) is 2.69. The molecular formula is C21H19ClN2O2S. The van der Waals surface area contributed by atoms with Crippen molar-refractivity contribution < 1.29 is 5.11 Å². The fourth-order valence-corrected chi connectivity index (χ4v) is 4.58. The number of anilines is 1. The van der Waals surface area contributed by atoms with Crippen LogP contribution in [0.15, 0.2) is 47.3 Å². The Hall–Kier alpha value is -2.21. The Labute approximate surface area is 165 Å². The summed E-state index contributed by atoms with van der Waals surface area (Å²) in [5, 5.41) is 15.1. The van der Waals surface area contributed by atoms with Gasteiger partial charge in [0.2, 0.25) is 0 Å². The summed E-state index contributed by atoms with van der Waals surface area (Å²) in [6, 6.07) is 13.2. The molecule has 138 valence electrons. The van der Waals surface area contributed by atoms with Gasteiger partial charge in [-0.25, -0.2) is 4.98 Å². The van der Waals surface area contributed by atoms with Crippen molar-refractivity contribution in [3.05, 3.63) is 57.7 Å². The third-order valence-corrected chi connectivity index (χ3v) is 6.01. The van der Waals surface area contributed by atoms with Crippen molar-refractivity contribution in [2.45, 2.75) is 19.3 Å². The Morgan fingerprint density at radius 1 is 1.07 bits per heavy atom. The average molecular weight is 399 g/mol. The van der Waals surface area contributed by atoms with Crippen molar-refractivity contribution in [3.8, 4) is 0 Å². The lowest BCUT2D eigenvalue weighted by Crippen LogP contribution is -2.08. The van der Waals surface area contributed by atoms with Crippen LogP contribution in [-0.2, 0) is 0 Å². The largest absolute Gasteiger partial charge is 0.396 e. The summed E-state index contributed by atoms with van der Waals surface area (Å²) in [7, 11) is 0. The molecule has 0 unspecified atom stereocenters. The Morgan fingerprint density at radius 2 is 1.93 bits per heavy atom. The SMILES string of the molecule is O=c1c2cc(Cl)ccc2sc2c(NCCCCCO)nc3ccccc3c12. The smallest absolute Gasteiger partial charge is 0.196 e. The van der Waals surface area contributed by atoms with Crippen LogP contribution in [0.25, 0.3) is 31.1 Å². The maximum Gasteiger partial charge on any atom is 0.196 e. The summed E-state index contributed by atoms with van der Waals surface area (Å²) in [5.41, 5.74) is 0.789. The number of aliphatic hydroxyl groups is 1. The molecule has 0 aliphatic carbocycles. The van der Waals surface area contributed by atoms with Gasteiger partial charge in [-0.1, -0.05) is 29.8 Å². The van der Waals surface area contributed by atoms with E-state index in [2.05, 4.69) is 5.32 Å². The number of unbranched alkanes of at least 4 members (excludes halogenated alkanes) is 2. The minimum Gasteiger partial charge on any atom is -0.396 e. The molecule has 0 bridgehead atoms. The number of aromatic nitrogens is 1. The summed E-state index contributed by atoms with van der Waals surface area (Å²) in [4.78, 5) is 18.1. The normalized spacial score (nSPS) is 11.5. The predicted octanol–water partition coefficient (Wildman–Crippen LogP) is 5.19. The fourth-order valence-electron chi connectivity index (χ4n) is 3.27. The van der Waals surface area contributed by atoms with E-state index in [0.29, 0.717) is 15.8 Å². The Kier molecular flexibility index (Phi) is 5.25. The van der Waals surface area contributed by atoms with Crippen molar-refractivity contribution in [1.82, 2.24) is 4.98 Å². The van der Waals surface area contributed by atoms with Crippen molar-refractivity contribution in [2.24, 2.45) is 0 Å². The maximum absolute atomic E-state index is 13.3. The molecule has 2 aromatic heterocycles. The third-order valence-electron chi connectivity index (χ3n) is 4.60. The highest BCUT2D eigenvalue weighted by atomic mass is 35.5. The highest BCUT2D eigenvalue weighted by molar-refractivity contribution is 7.25. The number of fused-ring (bicyclic) bond motifs is 4. The summed E-state index contributed by atoms with van der Waals surface area (Å²) < 4.78 is 1.77. The van der Waals surface area contributed by atoms with Gasteiger partial charge in [-0.3, -0.25) is 4.79 Å². The number of hydrogen-bond donors (Lipinski definition) is 2. The second kappa shape index (κ2) is 7.80. The first kappa shape index (κ1) is 18.2. The molecule has 0 saturated carbocycles. The van der Waals surface area contributed by atoms with Crippen molar-refractivity contribution >= 4 is 59.8 Å². The zero-order valence-corrected chi connectivity index (χ0v) is 16.2. The van der Waals surface area contributed by atoms with Gasteiger partial charge in [0.15, 0.2) is 5.43 Å². The first-order chi connectivity index (χ1) is 13.2. The number of halogens is 1. The van der Waals surface area contributed by atoms with Crippen LogP contribution in [0.2, 0.25) is 5.02 Å². The van der Waals surface area contributed by atoms with Crippen LogP contribution in [0.5, 0.6) is 0 Å². The molecule has 4 aromatic rings. The minimum atomic E-state index is -0.0109. The average Bonchev–Trinajstić information content (AvgIpc) is 2.68. The minimum absolute atomic E-state index is 0.0109. The molecule has 27 heavy (non-hydrogen) atoms. The van der Waals surface area contributed by atoms with E-state index in [0.717, 1.165) is 51.9 Å². The van der Waals surface area contributed by atoms with Crippen LogP contribution in [0.3, 0.4) is 0 Å². The van der Waals surface area contributed by atoms with Gasteiger partial charge >= 0.3 is 0 Å². The molecule has 2 heterocycles. The lowest BCUT2D eigenvalue weighted by molar-refractivity contribution is 0.283. The van der Waals surface area contributed by atoms with Gasteiger partial charge in [-0.15, -0.1) is 11.3 Å². The molecule has 2 N–H and O–H groups in total. The summed E-state index contributed by atoms with van der Waals surface area (Å²) >= 11 is 7.68. The Balaban J connectivity index is 1.92. The number of benzene rings is 2. The first-order valence-corrected chi connectivity index (χ1v) is 10.2. The maximum atomic E-state index is 13.3. The van der Waals surface area contributed by atoms with Gasteiger partial charge in [0.25, 0.3) is 0 Å². The van der Waals surface area contributed by atoms with Gasteiger partial charge in [0.1, 0.15) is 5.82 Å². The number of nitrogens with one attached hydrogen (secondary N) is 1. The van der Waals surface area contributed by atoms with Gasteiger partial charge in [0, 0.05) is 33.6 Å². The molecular weight excluding hydrogens is 380 g/mol. The van der Waals surface area contributed by atoms with Crippen LogP contribution in [0, 0.1) is 0 Å². The van der Waals surface area contributed by atoms with Crippen LogP contribution in [0.1, 0.15) is 19.3 Å². The molecule has 4 rings (SSSR count). The van der Waals surface area contributed by atoms with Crippen molar-refractivity contribution in [3.63, 3.8) is 0 Å².